The summed E-state index contributed by atoms with van der Waals surface area (Å²) in [5.74, 6) is 6.14. The first-order valence-corrected chi connectivity index (χ1v) is 14.9. The average Bonchev–Trinajstić information content (AvgIpc) is 3.36. The molecule has 0 spiro atoms. The second-order valence-corrected chi connectivity index (χ2v) is 12.8. The van der Waals surface area contributed by atoms with Gasteiger partial charge in [-0.3, -0.25) is 15.1 Å². The second kappa shape index (κ2) is 12.2. The number of carbonyl (C=O) groups excluding carboxylic acids is 1. The quantitative estimate of drug-likeness (QED) is 0.397. The smallest absolute Gasteiger partial charge is 0.337 e. The number of hydrogen-bond donors (Lipinski definition) is 1. The van der Waals surface area contributed by atoms with E-state index in [0.717, 1.165) is 42.1 Å². The molecule has 4 nitrogen and oxygen atoms in total. The lowest BCUT2D eigenvalue weighted by molar-refractivity contribution is -0.165. The molecule has 0 aromatic carbocycles. The van der Waals surface area contributed by atoms with E-state index in [0.29, 0.717) is 29.1 Å². The largest absolute Gasteiger partial charge is 0.360 e. The Labute approximate surface area is 214 Å². The van der Waals surface area contributed by atoms with E-state index in [-0.39, 0.29) is 6.47 Å². The van der Waals surface area contributed by atoms with E-state index in [1.165, 1.54) is 64.2 Å². The van der Waals surface area contributed by atoms with E-state index in [4.69, 9.17) is 9.53 Å². The predicted octanol–water partition coefficient (Wildman–Crippen LogP) is 7.71. The van der Waals surface area contributed by atoms with Crippen LogP contribution in [0.5, 0.6) is 0 Å². The van der Waals surface area contributed by atoms with Gasteiger partial charge in [0.25, 0.3) is 0 Å². The first kappa shape index (κ1) is 28.9. The van der Waals surface area contributed by atoms with E-state index in [9.17, 15) is 4.53 Å². The fourth-order valence-electron chi connectivity index (χ4n) is 9.60. The SMILES string of the molecule is CC.CC[C@H](C)CN[C@H]1O[C@H]2CC3[C@@H]4CCC5CCCC[C@]5(C)C4CC[C@]3(C)C2[C@@H]1C.O=COF. The van der Waals surface area contributed by atoms with Gasteiger partial charge in [-0.05, 0) is 91.3 Å². The summed E-state index contributed by atoms with van der Waals surface area (Å²) in [6.07, 6.45) is 15.5. The van der Waals surface area contributed by atoms with Gasteiger partial charge in [-0.1, -0.05) is 67.7 Å². The third kappa shape index (κ3) is 5.33. The summed E-state index contributed by atoms with van der Waals surface area (Å²) in [6, 6.07) is 0. The van der Waals surface area contributed by atoms with Crippen molar-refractivity contribution in [1.82, 2.24) is 5.32 Å². The maximum absolute atomic E-state index is 9.85. The van der Waals surface area contributed by atoms with Crippen LogP contribution in [0.3, 0.4) is 0 Å². The Balaban J connectivity index is 0.000000521. The molecule has 5 aliphatic rings. The highest BCUT2D eigenvalue weighted by Crippen LogP contribution is 2.69. The van der Waals surface area contributed by atoms with Crippen LogP contribution in [-0.2, 0) is 14.5 Å². The molecule has 5 heteroatoms. The lowest BCUT2D eigenvalue weighted by Crippen LogP contribution is -2.53. The van der Waals surface area contributed by atoms with Crippen LogP contribution in [-0.4, -0.2) is 25.3 Å². The van der Waals surface area contributed by atoms with Crippen LogP contribution in [0.15, 0.2) is 0 Å². The molecule has 5 fully saturated rings. The molecule has 4 aliphatic carbocycles. The maximum Gasteiger partial charge on any atom is 0.337 e. The molecule has 35 heavy (non-hydrogen) atoms. The minimum atomic E-state index is -0.292. The van der Waals surface area contributed by atoms with Crippen LogP contribution in [0.2, 0.25) is 0 Å². The average molecular weight is 496 g/mol. The van der Waals surface area contributed by atoms with Gasteiger partial charge in [0.05, 0.1) is 6.10 Å². The molecule has 4 saturated carbocycles. The van der Waals surface area contributed by atoms with Crippen LogP contribution in [0.1, 0.15) is 113 Å². The van der Waals surface area contributed by atoms with E-state index >= 15 is 0 Å². The monoisotopic (exact) mass is 495 g/mol. The Kier molecular flexibility index (Phi) is 10.1. The minimum Gasteiger partial charge on any atom is -0.360 e. The van der Waals surface area contributed by atoms with E-state index in [1.54, 1.807) is 0 Å². The van der Waals surface area contributed by atoms with Gasteiger partial charge in [0, 0.05) is 17.0 Å². The highest BCUT2D eigenvalue weighted by molar-refractivity contribution is 5.35. The standard InChI is InChI=1S/C27H47NO.C2H6.CHFO2/c1-6-17(2)16-28-25-18(3)24-23(29-25)15-22-20-11-10-19-9-7-8-13-26(19,4)21(20)12-14-27(22,24)5;1-2;2-4-1-3/h17-25,28H,6-16H2,1-5H3;1-2H3;1H/t17-,18-,19?,20+,21?,22?,23-,24?,25-,26-,27-;;/m0../s1. The molecule has 5 rings (SSSR count). The van der Waals surface area contributed by atoms with Crippen molar-refractivity contribution in [2.24, 2.45) is 52.3 Å². The normalized spacial score (nSPS) is 46.3. The van der Waals surface area contributed by atoms with Crippen molar-refractivity contribution in [3.05, 3.63) is 0 Å². The van der Waals surface area contributed by atoms with Crippen LogP contribution in [0, 0.1) is 52.3 Å². The third-order valence-electron chi connectivity index (χ3n) is 11.4. The van der Waals surface area contributed by atoms with Gasteiger partial charge in [-0.15, -0.1) is 0 Å². The molecule has 1 aliphatic heterocycles. The van der Waals surface area contributed by atoms with Crippen LogP contribution >= 0.6 is 0 Å². The number of fused-ring (bicyclic) bond motifs is 7. The van der Waals surface area contributed by atoms with Gasteiger partial charge in [0.2, 0.25) is 0 Å². The van der Waals surface area contributed by atoms with Crippen LogP contribution in [0.4, 0.5) is 4.53 Å². The highest BCUT2D eigenvalue weighted by atomic mass is 19.3. The predicted molar refractivity (Wildman–Crippen MR) is 140 cm³/mol. The summed E-state index contributed by atoms with van der Waals surface area (Å²) < 4.78 is 16.6. The van der Waals surface area contributed by atoms with Gasteiger partial charge in [0.15, 0.2) is 0 Å². The number of nitrogens with one attached hydrogen (secondary N) is 1. The van der Waals surface area contributed by atoms with Gasteiger partial charge in [-0.25, -0.2) is 0 Å². The first-order chi connectivity index (χ1) is 16.8. The lowest BCUT2D eigenvalue weighted by Gasteiger charge is -2.60. The summed E-state index contributed by atoms with van der Waals surface area (Å²) in [7, 11) is 0. The van der Waals surface area contributed by atoms with Gasteiger partial charge in [-0.2, -0.15) is 0 Å². The Morgan fingerprint density at radius 3 is 2.46 bits per heavy atom. The number of carbonyl (C=O) groups is 1. The van der Waals surface area contributed by atoms with Crippen LogP contribution < -0.4 is 5.32 Å². The van der Waals surface area contributed by atoms with E-state index < -0.39 is 0 Å². The summed E-state index contributed by atoms with van der Waals surface area (Å²) in [4.78, 5) is 10.9. The van der Waals surface area contributed by atoms with Crippen molar-refractivity contribution in [2.45, 2.75) is 125 Å². The van der Waals surface area contributed by atoms with Crippen molar-refractivity contribution in [3.8, 4) is 0 Å². The van der Waals surface area contributed by atoms with E-state index in [1.807, 2.05) is 13.8 Å². The summed E-state index contributed by atoms with van der Waals surface area (Å²) >= 11 is 0. The Morgan fingerprint density at radius 1 is 1.09 bits per heavy atom. The van der Waals surface area contributed by atoms with Crippen molar-refractivity contribution in [1.29, 1.82) is 0 Å². The Bertz CT molecular complexity index is 676. The molecule has 0 aromatic heterocycles. The number of ether oxygens (including phenoxy) is 1. The Morgan fingerprint density at radius 2 is 1.80 bits per heavy atom. The zero-order chi connectivity index (χ0) is 25.8. The molecule has 204 valence electrons. The van der Waals surface area contributed by atoms with Gasteiger partial charge < -0.3 is 4.74 Å². The molecule has 4 unspecified atom stereocenters. The third-order valence-corrected chi connectivity index (χ3v) is 11.4. The molecular weight excluding hydrogens is 441 g/mol. The topological polar surface area (TPSA) is 47.6 Å². The Hall–Kier alpha value is -0.680. The fraction of sp³-hybridized carbons (Fsp3) is 0.967. The summed E-state index contributed by atoms with van der Waals surface area (Å²) in [6.45, 7) is 17.4. The molecule has 0 aromatic rings. The first-order valence-electron chi connectivity index (χ1n) is 14.9. The number of halogens is 1. The molecule has 1 N–H and O–H groups in total. The lowest BCUT2D eigenvalue weighted by atomic mass is 9.44. The highest BCUT2D eigenvalue weighted by Gasteiger charge is 2.65. The van der Waals surface area contributed by atoms with Crippen molar-refractivity contribution in [2.75, 3.05) is 6.54 Å². The number of hydrogen-bond acceptors (Lipinski definition) is 4. The number of rotatable bonds is 5. The van der Waals surface area contributed by atoms with Gasteiger partial charge >= 0.3 is 6.47 Å². The fourth-order valence-corrected chi connectivity index (χ4v) is 9.60. The second-order valence-electron chi connectivity index (χ2n) is 12.8. The summed E-state index contributed by atoms with van der Waals surface area (Å²) in [5, 5.41) is 3.80. The molecule has 0 bridgehead atoms. The van der Waals surface area contributed by atoms with E-state index in [2.05, 4.69) is 44.9 Å². The zero-order valence-electron chi connectivity index (χ0n) is 23.7. The minimum absolute atomic E-state index is 0.292. The molecule has 11 atom stereocenters. The van der Waals surface area contributed by atoms with Crippen molar-refractivity contribution < 1.29 is 19.0 Å². The molecule has 0 radical (unpaired) electrons. The maximum atomic E-state index is 9.85. The molecule has 1 saturated heterocycles. The molecule has 0 amide bonds. The zero-order valence-corrected chi connectivity index (χ0v) is 23.7. The van der Waals surface area contributed by atoms with Gasteiger partial charge in [0.1, 0.15) is 6.23 Å². The van der Waals surface area contributed by atoms with Crippen LogP contribution in [0.25, 0.3) is 0 Å². The van der Waals surface area contributed by atoms with Crippen molar-refractivity contribution in [3.63, 3.8) is 0 Å². The van der Waals surface area contributed by atoms with Crippen molar-refractivity contribution >= 4 is 6.47 Å². The molecule has 1 heterocycles. The molecular formula is C30H54FNO3. The summed E-state index contributed by atoms with van der Waals surface area (Å²) in [5.41, 5.74) is 1.18.